The molecule has 3 aromatic rings. The van der Waals surface area contributed by atoms with Crippen LogP contribution in [0.2, 0.25) is 0 Å². The monoisotopic (exact) mass is 422 g/mol. The minimum atomic E-state index is 0.446. The van der Waals surface area contributed by atoms with Crippen LogP contribution in [-0.4, -0.2) is 38.2 Å². The molecule has 0 saturated carbocycles. The van der Waals surface area contributed by atoms with Crippen molar-refractivity contribution in [2.45, 2.75) is 31.7 Å². The van der Waals surface area contributed by atoms with Gasteiger partial charge in [0.2, 0.25) is 0 Å². The predicted molar refractivity (Wildman–Crippen MR) is 126 cm³/mol. The second-order valence-corrected chi connectivity index (χ2v) is 8.59. The maximum atomic E-state index is 5.44. The fourth-order valence-corrected chi connectivity index (χ4v) is 4.46. The molecule has 1 fully saturated rings. The van der Waals surface area contributed by atoms with E-state index < -0.39 is 0 Å². The average Bonchev–Trinajstić information content (AvgIpc) is 3.49. The van der Waals surface area contributed by atoms with Crippen LogP contribution < -0.4 is 15.5 Å². The van der Waals surface area contributed by atoms with Gasteiger partial charge < -0.3 is 20.0 Å². The fraction of sp³-hybridized carbons (Fsp3) is 0.375. The molecule has 6 heteroatoms. The van der Waals surface area contributed by atoms with E-state index in [0.717, 1.165) is 63.6 Å². The molecule has 0 aliphatic carbocycles. The van der Waals surface area contributed by atoms with E-state index in [2.05, 4.69) is 63.4 Å². The van der Waals surface area contributed by atoms with Crippen molar-refractivity contribution in [3.8, 4) is 0 Å². The van der Waals surface area contributed by atoms with Crippen molar-refractivity contribution in [2.24, 2.45) is 4.99 Å². The quantitative estimate of drug-likeness (QED) is 0.419. The average molecular weight is 423 g/mol. The van der Waals surface area contributed by atoms with Crippen LogP contribution in [0.3, 0.4) is 0 Å². The summed E-state index contributed by atoms with van der Waals surface area (Å²) >= 11 is 1.80. The highest BCUT2D eigenvalue weighted by Gasteiger charge is 2.20. The van der Waals surface area contributed by atoms with Gasteiger partial charge in [-0.05, 0) is 48.6 Å². The van der Waals surface area contributed by atoms with Crippen molar-refractivity contribution < 1.29 is 4.42 Å². The van der Waals surface area contributed by atoms with Gasteiger partial charge in [0, 0.05) is 55.6 Å². The van der Waals surface area contributed by atoms with E-state index in [1.165, 1.54) is 10.6 Å². The molecule has 158 valence electrons. The normalized spacial score (nSPS) is 15.3. The molecule has 0 radical (unpaired) electrons. The summed E-state index contributed by atoms with van der Waals surface area (Å²) in [4.78, 5) is 8.69. The van der Waals surface area contributed by atoms with Gasteiger partial charge >= 0.3 is 0 Å². The summed E-state index contributed by atoms with van der Waals surface area (Å²) in [5, 5.41) is 9.30. The Morgan fingerprint density at radius 2 is 1.90 bits per heavy atom. The smallest absolute Gasteiger partial charge is 0.191 e. The summed E-state index contributed by atoms with van der Waals surface area (Å²) in [5.74, 6) is 1.91. The van der Waals surface area contributed by atoms with Crippen LogP contribution in [0.25, 0.3) is 0 Å². The standard InChI is InChI=1S/C24H30N4OS/c1-2-6-21(7-3-1)28-16-12-20(13-17-28)27-24(25-14-10-22-8-4-18-29-22)26-15-11-23-9-5-19-30-23/h1-9,18-20H,10-17H2,(H2,25,26,27). The number of aliphatic imine (C=N–C) groups is 1. The molecule has 1 saturated heterocycles. The van der Waals surface area contributed by atoms with Crippen LogP contribution in [0.5, 0.6) is 0 Å². The summed E-state index contributed by atoms with van der Waals surface area (Å²) in [6, 6.07) is 19.4. The van der Waals surface area contributed by atoms with Gasteiger partial charge in [-0.1, -0.05) is 24.3 Å². The van der Waals surface area contributed by atoms with Gasteiger partial charge in [0.1, 0.15) is 5.76 Å². The van der Waals surface area contributed by atoms with Crippen molar-refractivity contribution in [2.75, 3.05) is 31.1 Å². The second-order valence-electron chi connectivity index (χ2n) is 7.56. The van der Waals surface area contributed by atoms with Gasteiger partial charge in [-0.25, -0.2) is 0 Å². The first-order valence-electron chi connectivity index (χ1n) is 10.8. The van der Waals surface area contributed by atoms with E-state index in [0.29, 0.717) is 6.04 Å². The Balaban J connectivity index is 1.29. The maximum Gasteiger partial charge on any atom is 0.191 e. The fourth-order valence-electron chi connectivity index (χ4n) is 3.76. The predicted octanol–water partition coefficient (Wildman–Crippen LogP) is 4.33. The first kappa shape index (κ1) is 20.5. The minimum absolute atomic E-state index is 0.446. The highest BCUT2D eigenvalue weighted by atomic mass is 32.1. The number of piperidine rings is 1. The molecule has 1 aliphatic heterocycles. The van der Waals surface area contributed by atoms with E-state index >= 15 is 0 Å². The summed E-state index contributed by atoms with van der Waals surface area (Å²) in [6.07, 6.45) is 5.78. The maximum absolute atomic E-state index is 5.44. The van der Waals surface area contributed by atoms with Crippen molar-refractivity contribution in [1.82, 2.24) is 10.6 Å². The van der Waals surface area contributed by atoms with Gasteiger partial charge in [-0.15, -0.1) is 11.3 Å². The summed E-state index contributed by atoms with van der Waals surface area (Å²) in [7, 11) is 0. The number of anilines is 1. The lowest BCUT2D eigenvalue weighted by Gasteiger charge is -2.34. The zero-order valence-corrected chi connectivity index (χ0v) is 18.1. The van der Waals surface area contributed by atoms with Crippen LogP contribution >= 0.6 is 11.3 Å². The number of hydrogen-bond donors (Lipinski definition) is 2. The molecule has 0 unspecified atom stereocenters. The number of nitrogens with one attached hydrogen (secondary N) is 2. The lowest BCUT2D eigenvalue weighted by Crippen LogP contribution is -2.49. The molecule has 0 atom stereocenters. The number of furan rings is 1. The summed E-state index contributed by atoms with van der Waals surface area (Å²) in [5.41, 5.74) is 1.32. The Kier molecular flexibility index (Phi) is 7.45. The zero-order valence-electron chi connectivity index (χ0n) is 17.3. The molecule has 0 amide bonds. The molecule has 0 bridgehead atoms. The van der Waals surface area contributed by atoms with Crippen molar-refractivity contribution in [3.05, 3.63) is 76.9 Å². The van der Waals surface area contributed by atoms with Crippen LogP contribution in [0.15, 0.2) is 75.7 Å². The van der Waals surface area contributed by atoms with Gasteiger partial charge in [0.05, 0.1) is 6.26 Å². The molecule has 1 aliphatic rings. The lowest BCUT2D eigenvalue weighted by atomic mass is 10.0. The van der Waals surface area contributed by atoms with Crippen LogP contribution in [0.4, 0.5) is 5.69 Å². The molecule has 30 heavy (non-hydrogen) atoms. The molecule has 5 nitrogen and oxygen atoms in total. The highest BCUT2D eigenvalue weighted by Crippen LogP contribution is 2.19. The number of benzene rings is 1. The van der Waals surface area contributed by atoms with E-state index in [1.807, 2.05) is 12.1 Å². The highest BCUT2D eigenvalue weighted by molar-refractivity contribution is 7.09. The molecule has 2 aromatic heterocycles. The van der Waals surface area contributed by atoms with Crippen molar-refractivity contribution in [3.63, 3.8) is 0 Å². The first-order valence-corrected chi connectivity index (χ1v) is 11.6. The Morgan fingerprint density at radius 3 is 2.63 bits per heavy atom. The third kappa shape index (κ3) is 6.13. The third-order valence-electron chi connectivity index (χ3n) is 5.41. The van der Waals surface area contributed by atoms with E-state index in [-0.39, 0.29) is 0 Å². The van der Waals surface area contributed by atoms with Gasteiger partial charge in [0.25, 0.3) is 0 Å². The van der Waals surface area contributed by atoms with Crippen molar-refractivity contribution >= 4 is 23.0 Å². The number of para-hydroxylation sites is 1. The Morgan fingerprint density at radius 1 is 1.03 bits per heavy atom. The van der Waals surface area contributed by atoms with E-state index in [4.69, 9.17) is 9.41 Å². The SMILES string of the molecule is c1ccc(N2CCC(NC(=NCCc3cccs3)NCCc3ccco3)CC2)cc1. The molecule has 3 heterocycles. The second kappa shape index (κ2) is 10.9. The van der Waals surface area contributed by atoms with E-state index in [1.54, 1.807) is 17.6 Å². The molecule has 4 rings (SSSR count). The topological polar surface area (TPSA) is 52.8 Å². The Hall–Kier alpha value is -2.73. The minimum Gasteiger partial charge on any atom is -0.469 e. The Bertz CT molecular complexity index is 869. The van der Waals surface area contributed by atoms with Crippen molar-refractivity contribution in [1.29, 1.82) is 0 Å². The van der Waals surface area contributed by atoms with Crippen LogP contribution in [0.1, 0.15) is 23.5 Å². The van der Waals surface area contributed by atoms with Crippen LogP contribution in [-0.2, 0) is 12.8 Å². The van der Waals surface area contributed by atoms with Gasteiger partial charge in [0.15, 0.2) is 5.96 Å². The van der Waals surface area contributed by atoms with E-state index in [9.17, 15) is 0 Å². The number of nitrogens with zero attached hydrogens (tertiary/aromatic N) is 2. The van der Waals surface area contributed by atoms with Gasteiger partial charge in [-0.2, -0.15) is 0 Å². The lowest BCUT2D eigenvalue weighted by molar-refractivity contribution is 0.460. The number of rotatable bonds is 8. The Labute approximate surface area is 182 Å². The summed E-state index contributed by atoms with van der Waals surface area (Å²) < 4.78 is 5.44. The molecule has 0 spiro atoms. The number of hydrogen-bond acceptors (Lipinski definition) is 4. The zero-order chi connectivity index (χ0) is 20.4. The largest absolute Gasteiger partial charge is 0.469 e. The van der Waals surface area contributed by atoms with Crippen LogP contribution in [0, 0.1) is 0 Å². The molecule has 1 aromatic carbocycles. The summed E-state index contributed by atoms with van der Waals surface area (Å²) in [6.45, 7) is 3.73. The molecular weight excluding hydrogens is 392 g/mol. The number of guanidine groups is 1. The third-order valence-corrected chi connectivity index (χ3v) is 6.35. The number of thiophene rings is 1. The molecule has 2 N–H and O–H groups in total. The molecular formula is C24H30N4OS. The van der Waals surface area contributed by atoms with Gasteiger partial charge in [-0.3, -0.25) is 4.99 Å². The first-order chi connectivity index (χ1) is 14.9.